The molecule has 2 bridgehead atoms. The molecule has 0 spiro atoms. The molecule has 4 rings (SSSR count). The molecule has 10 heteroatoms. The Hall–Kier alpha value is -2.46. The van der Waals surface area contributed by atoms with Crippen LogP contribution in [0.1, 0.15) is 41.6 Å². The van der Waals surface area contributed by atoms with Crippen LogP contribution in [0.5, 0.6) is 0 Å². The number of carbonyl (C=O) groups is 2. The van der Waals surface area contributed by atoms with Crippen molar-refractivity contribution in [2.75, 3.05) is 5.32 Å². The molecule has 2 aromatic rings. The number of piperidine rings is 1. The quantitative estimate of drug-likeness (QED) is 0.586. The van der Waals surface area contributed by atoms with Crippen molar-refractivity contribution in [3.8, 4) is 0 Å². The third kappa shape index (κ3) is 4.13. The van der Waals surface area contributed by atoms with Gasteiger partial charge in [-0.2, -0.15) is 8.78 Å². The monoisotopic (exact) mass is 514 g/mol. The largest absolute Gasteiger partial charge is 0.393 e. The zero-order chi connectivity index (χ0) is 23.2. The summed E-state index contributed by atoms with van der Waals surface area (Å²) < 4.78 is 58.2. The Morgan fingerprint density at radius 3 is 2.28 bits per heavy atom. The molecule has 2 N–H and O–H groups in total. The second-order valence-corrected chi connectivity index (χ2v) is 8.93. The van der Waals surface area contributed by atoms with E-state index in [4.69, 9.17) is 0 Å². The fraction of sp³-hybridized carbons (Fsp3) is 0.364. The fourth-order valence-corrected chi connectivity index (χ4v) is 4.82. The Morgan fingerprint density at radius 2 is 1.66 bits per heavy atom. The van der Waals surface area contributed by atoms with Crippen LogP contribution in [0.25, 0.3) is 0 Å². The van der Waals surface area contributed by atoms with Crippen molar-refractivity contribution in [1.29, 1.82) is 0 Å². The van der Waals surface area contributed by atoms with E-state index in [0.717, 1.165) is 17.0 Å². The number of hydrogen-bond donors (Lipinski definition) is 2. The van der Waals surface area contributed by atoms with Gasteiger partial charge in [0.05, 0.1) is 16.1 Å². The summed E-state index contributed by atoms with van der Waals surface area (Å²) in [5, 5.41) is 12.3. The lowest BCUT2D eigenvalue weighted by Crippen LogP contribution is -2.53. The van der Waals surface area contributed by atoms with Crippen LogP contribution >= 0.6 is 15.9 Å². The number of rotatable bonds is 4. The van der Waals surface area contributed by atoms with E-state index >= 15 is 8.78 Å². The van der Waals surface area contributed by atoms with E-state index in [1.54, 1.807) is 0 Å². The molecule has 2 aliphatic rings. The van der Waals surface area contributed by atoms with Crippen LogP contribution in [-0.2, 0) is 10.7 Å². The Labute approximate surface area is 189 Å². The van der Waals surface area contributed by atoms with Gasteiger partial charge in [0, 0.05) is 23.3 Å². The number of nitrogens with zero attached hydrogens (tertiary/aromatic N) is 1. The van der Waals surface area contributed by atoms with E-state index < -0.39 is 53.1 Å². The highest BCUT2D eigenvalue weighted by molar-refractivity contribution is 9.10. The number of fused-ring (bicyclic) bond motifs is 2. The maximum Gasteiger partial charge on any atom is 0.352 e. The fourth-order valence-electron chi connectivity index (χ4n) is 4.44. The van der Waals surface area contributed by atoms with Crippen molar-refractivity contribution in [2.45, 2.75) is 49.8 Å². The molecule has 32 heavy (non-hydrogen) atoms. The molecule has 170 valence electrons. The van der Waals surface area contributed by atoms with Gasteiger partial charge in [-0.3, -0.25) is 9.59 Å². The topological polar surface area (TPSA) is 69.6 Å². The molecule has 0 aromatic heterocycles. The molecular weight excluding hydrogens is 496 g/mol. The standard InChI is InChI=1S/C22H19BrF4N2O3/c23-17-8-12(2-6-19(17)25)28-20(31)11-1-5-18(24)16(7-11)22(26,27)21(32)29-13-3-4-14(29)10-15(30)9-13/h1-2,5-8,13-15,30H,3-4,9-10H2,(H,28,31). The van der Waals surface area contributed by atoms with Gasteiger partial charge in [0.25, 0.3) is 11.8 Å². The van der Waals surface area contributed by atoms with Gasteiger partial charge in [-0.05, 0) is 78.0 Å². The van der Waals surface area contributed by atoms with Gasteiger partial charge in [0.15, 0.2) is 0 Å². The zero-order valence-corrected chi connectivity index (χ0v) is 18.2. The highest BCUT2D eigenvalue weighted by Crippen LogP contribution is 2.41. The summed E-state index contributed by atoms with van der Waals surface area (Å²) in [5.74, 6) is -8.41. The summed E-state index contributed by atoms with van der Waals surface area (Å²) in [6.07, 6.45) is 0.761. The van der Waals surface area contributed by atoms with Crippen molar-refractivity contribution < 1.29 is 32.3 Å². The van der Waals surface area contributed by atoms with Crippen LogP contribution in [0.2, 0.25) is 0 Å². The van der Waals surface area contributed by atoms with Crippen molar-refractivity contribution in [2.24, 2.45) is 0 Å². The first-order chi connectivity index (χ1) is 15.1. The normalized spacial score (nSPS) is 22.7. The molecular formula is C22H19BrF4N2O3. The minimum Gasteiger partial charge on any atom is -0.393 e. The number of carbonyl (C=O) groups excluding carboxylic acids is 2. The van der Waals surface area contributed by atoms with E-state index in [1.165, 1.54) is 12.1 Å². The van der Waals surface area contributed by atoms with E-state index in [-0.39, 0.29) is 28.6 Å². The zero-order valence-electron chi connectivity index (χ0n) is 16.6. The lowest BCUT2D eigenvalue weighted by atomic mass is 9.96. The van der Waals surface area contributed by atoms with Gasteiger partial charge in [-0.1, -0.05) is 0 Å². The minimum absolute atomic E-state index is 0.0912. The van der Waals surface area contributed by atoms with E-state index in [1.807, 2.05) is 0 Å². The number of aliphatic hydroxyl groups excluding tert-OH is 1. The maximum absolute atomic E-state index is 15.2. The number of hydrogen-bond acceptors (Lipinski definition) is 3. The molecule has 2 atom stereocenters. The minimum atomic E-state index is -4.19. The van der Waals surface area contributed by atoms with Crippen molar-refractivity contribution >= 4 is 33.4 Å². The highest BCUT2D eigenvalue weighted by atomic mass is 79.9. The van der Waals surface area contributed by atoms with Gasteiger partial charge in [0.2, 0.25) is 0 Å². The Morgan fingerprint density at radius 1 is 1.03 bits per heavy atom. The molecule has 0 aliphatic carbocycles. The first kappa shape index (κ1) is 22.7. The van der Waals surface area contributed by atoms with Gasteiger partial charge in [-0.25, -0.2) is 8.78 Å². The van der Waals surface area contributed by atoms with Gasteiger partial charge in [0.1, 0.15) is 11.6 Å². The first-order valence-electron chi connectivity index (χ1n) is 10.0. The smallest absolute Gasteiger partial charge is 0.352 e. The van der Waals surface area contributed by atoms with Crippen molar-refractivity contribution in [1.82, 2.24) is 4.90 Å². The summed E-state index contributed by atoms with van der Waals surface area (Å²) in [7, 11) is 0. The average molecular weight is 515 g/mol. The van der Waals surface area contributed by atoms with Gasteiger partial charge < -0.3 is 15.3 Å². The number of halogens is 5. The maximum atomic E-state index is 15.2. The van der Waals surface area contributed by atoms with Crippen LogP contribution in [0.4, 0.5) is 23.2 Å². The predicted molar refractivity (Wildman–Crippen MR) is 111 cm³/mol. The molecule has 2 amide bonds. The van der Waals surface area contributed by atoms with Gasteiger partial charge in [-0.15, -0.1) is 0 Å². The summed E-state index contributed by atoms with van der Waals surface area (Å²) >= 11 is 2.98. The van der Waals surface area contributed by atoms with E-state index in [9.17, 15) is 23.5 Å². The Bertz CT molecular complexity index is 1070. The molecule has 2 unspecified atom stereocenters. The first-order valence-corrected chi connectivity index (χ1v) is 10.8. The van der Waals surface area contributed by atoms with Crippen LogP contribution < -0.4 is 5.32 Å². The van der Waals surface area contributed by atoms with E-state index in [2.05, 4.69) is 21.2 Å². The second-order valence-electron chi connectivity index (χ2n) is 8.07. The van der Waals surface area contributed by atoms with Gasteiger partial charge >= 0.3 is 5.92 Å². The van der Waals surface area contributed by atoms with Crippen LogP contribution in [0.15, 0.2) is 40.9 Å². The highest BCUT2D eigenvalue weighted by Gasteiger charge is 2.53. The molecule has 2 aliphatic heterocycles. The predicted octanol–water partition coefficient (Wildman–Crippen LogP) is 4.59. The molecule has 0 radical (unpaired) electrons. The van der Waals surface area contributed by atoms with Crippen LogP contribution in [0.3, 0.4) is 0 Å². The summed E-state index contributed by atoms with van der Waals surface area (Å²) in [6.45, 7) is 0. The average Bonchev–Trinajstić information content (AvgIpc) is 3.00. The summed E-state index contributed by atoms with van der Waals surface area (Å²) in [4.78, 5) is 26.3. The molecule has 2 heterocycles. The summed E-state index contributed by atoms with van der Waals surface area (Å²) in [5.41, 5.74) is -1.28. The van der Waals surface area contributed by atoms with Crippen LogP contribution in [0, 0.1) is 11.6 Å². The Kier molecular flexibility index (Phi) is 6.02. The molecule has 2 fully saturated rings. The third-order valence-electron chi connectivity index (χ3n) is 5.96. The molecule has 0 saturated carbocycles. The number of aliphatic hydroxyl groups is 1. The van der Waals surface area contributed by atoms with Crippen molar-refractivity contribution in [3.63, 3.8) is 0 Å². The summed E-state index contributed by atoms with van der Waals surface area (Å²) in [6, 6.07) is 5.02. The SMILES string of the molecule is O=C(Nc1ccc(F)c(Br)c1)c1ccc(F)c(C(F)(F)C(=O)N2C3CCC2CC(O)C3)c1. The number of alkyl halides is 2. The molecule has 2 saturated heterocycles. The second kappa shape index (κ2) is 8.47. The molecule has 2 aromatic carbocycles. The third-order valence-corrected chi connectivity index (χ3v) is 6.56. The molecule has 5 nitrogen and oxygen atoms in total. The number of anilines is 1. The van der Waals surface area contributed by atoms with Crippen molar-refractivity contribution in [3.05, 3.63) is 63.6 Å². The lowest BCUT2D eigenvalue weighted by molar-refractivity contribution is -0.166. The number of benzene rings is 2. The number of nitrogens with one attached hydrogen (secondary N) is 1. The van der Waals surface area contributed by atoms with E-state index in [0.29, 0.717) is 25.0 Å². The lowest BCUT2D eigenvalue weighted by Gasteiger charge is -2.39. The number of amides is 2. The van der Waals surface area contributed by atoms with Crippen LogP contribution in [-0.4, -0.2) is 40.0 Å². The Balaban J connectivity index is 1.59.